The summed E-state index contributed by atoms with van der Waals surface area (Å²) in [5.74, 6) is 1.00. The topological polar surface area (TPSA) is 49.3 Å². The molecule has 0 saturated heterocycles. The first-order chi connectivity index (χ1) is 7.68. The van der Waals surface area contributed by atoms with Crippen LogP contribution in [-0.4, -0.2) is 29.9 Å². The molecule has 0 aliphatic carbocycles. The van der Waals surface area contributed by atoms with Crippen LogP contribution >= 0.6 is 23.4 Å². The zero-order valence-electron chi connectivity index (χ0n) is 8.78. The SMILES string of the molecule is O=C(O)CNCCSCc1ccc(Cl)cc1. The molecule has 0 aliphatic rings. The smallest absolute Gasteiger partial charge is 0.317 e. The van der Waals surface area contributed by atoms with Gasteiger partial charge in [0, 0.05) is 23.1 Å². The maximum atomic E-state index is 10.2. The van der Waals surface area contributed by atoms with Crippen LogP contribution in [0.1, 0.15) is 5.56 Å². The van der Waals surface area contributed by atoms with Gasteiger partial charge >= 0.3 is 5.97 Å². The molecule has 0 saturated carbocycles. The van der Waals surface area contributed by atoms with Crippen molar-refractivity contribution in [2.45, 2.75) is 5.75 Å². The molecule has 0 heterocycles. The second kappa shape index (κ2) is 7.54. The predicted molar refractivity (Wildman–Crippen MR) is 68.1 cm³/mol. The number of rotatable bonds is 7. The Kier molecular flexibility index (Phi) is 6.30. The number of hydrogen-bond donors (Lipinski definition) is 2. The lowest BCUT2D eigenvalue weighted by atomic mass is 10.2. The van der Waals surface area contributed by atoms with Crippen molar-refractivity contribution in [3.63, 3.8) is 0 Å². The van der Waals surface area contributed by atoms with Crippen LogP contribution in [0.3, 0.4) is 0 Å². The van der Waals surface area contributed by atoms with Crippen LogP contribution in [0.4, 0.5) is 0 Å². The van der Waals surface area contributed by atoms with Gasteiger partial charge < -0.3 is 10.4 Å². The molecular weight excluding hydrogens is 246 g/mol. The van der Waals surface area contributed by atoms with Gasteiger partial charge in [0.1, 0.15) is 0 Å². The molecule has 0 fully saturated rings. The van der Waals surface area contributed by atoms with E-state index in [1.165, 1.54) is 5.56 Å². The summed E-state index contributed by atoms with van der Waals surface area (Å²) in [4.78, 5) is 10.2. The van der Waals surface area contributed by atoms with Crippen molar-refractivity contribution >= 4 is 29.3 Å². The fourth-order valence-corrected chi connectivity index (χ4v) is 2.10. The van der Waals surface area contributed by atoms with Gasteiger partial charge in [-0.3, -0.25) is 4.79 Å². The molecule has 0 amide bonds. The van der Waals surface area contributed by atoms with Crippen LogP contribution in [0.15, 0.2) is 24.3 Å². The lowest BCUT2D eigenvalue weighted by molar-refractivity contribution is -0.135. The molecule has 0 aromatic heterocycles. The normalized spacial score (nSPS) is 10.3. The van der Waals surface area contributed by atoms with Gasteiger partial charge in [-0.25, -0.2) is 0 Å². The number of halogens is 1. The van der Waals surface area contributed by atoms with Crippen molar-refractivity contribution in [2.24, 2.45) is 0 Å². The molecule has 5 heteroatoms. The van der Waals surface area contributed by atoms with Gasteiger partial charge in [0.2, 0.25) is 0 Å². The monoisotopic (exact) mass is 259 g/mol. The summed E-state index contributed by atoms with van der Waals surface area (Å²) in [6, 6.07) is 7.75. The molecule has 0 atom stereocenters. The van der Waals surface area contributed by atoms with Crippen LogP contribution in [0.5, 0.6) is 0 Å². The van der Waals surface area contributed by atoms with Crippen LogP contribution in [0.25, 0.3) is 0 Å². The molecule has 0 aliphatic heterocycles. The van der Waals surface area contributed by atoms with Gasteiger partial charge in [-0.05, 0) is 17.7 Å². The van der Waals surface area contributed by atoms with Gasteiger partial charge in [0.15, 0.2) is 0 Å². The minimum atomic E-state index is -0.817. The highest BCUT2D eigenvalue weighted by Gasteiger charge is 1.96. The summed E-state index contributed by atoms with van der Waals surface area (Å²) in [7, 11) is 0. The van der Waals surface area contributed by atoms with Crippen LogP contribution < -0.4 is 5.32 Å². The first-order valence-electron chi connectivity index (χ1n) is 4.93. The lowest BCUT2D eigenvalue weighted by Gasteiger charge is -2.03. The fraction of sp³-hybridized carbons (Fsp3) is 0.364. The summed E-state index contributed by atoms with van der Waals surface area (Å²) in [5, 5.41) is 12.0. The first kappa shape index (κ1) is 13.4. The third-order valence-corrected chi connectivity index (χ3v) is 3.16. The number of aliphatic carboxylic acids is 1. The molecule has 16 heavy (non-hydrogen) atoms. The van der Waals surface area contributed by atoms with Crippen molar-refractivity contribution in [1.29, 1.82) is 0 Å². The number of hydrogen-bond acceptors (Lipinski definition) is 3. The maximum Gasteiger partial charge on any atom is 0.317 e. The highest BCUT2D eigenvalue weighted by atomic mass is 35.5. The van der Waals surface area contributed by atoms with E-state index in [0.29, 0.717) is 6.54 Å². The number of carboxylic acid groups (broad SMARTS) is 1. The van der Waals surface area contributed by atoms with Gasteiger partial charge in [0.05, 0.1) is 6.54 Å². The van der Waals surface area contributed by atoms with E-state index in [0.717, 1.165) is 16.5 Å². The largest absolute Gasteiger partial charge is 0.480 e. The van der Waals surface area contributed by atoms with Crippen LogP contribution in [-0.2, 0) is 10.5 Å². The molecule has 1 aromatic carbocycles. The molecule has 0 radical (unpaired) electrons. The van der Waals surface area contributed by atoms with Crippen molar-refractivity contribution in [2.75, 3.05) is 18.8 Å². The number of carbonyl (C=O) groups is 1. The van der Waals surface area contributed by atoms with E-state index in [-0.39, 0.29) is 6.54 Å². The average Bonchev–Trinajstić information content (AvgIpc) is 2.25. The highest BCUT2D eigenvalue weighted by Crippen LogP contribution is 2.14. The Morgan fingerprint density at radius 1 is 1.38 bits per heavy atom. The van der Waals surface area contributed by atoms with Gasteiger partial charge in [-0.1, -0.05) is 23.7 Å². The van der Waals surface area contributed by atoms with Gasteiger partial charge in [-0.2, -0.15) is 11.8 Å². The Bertz CT molecular complexity index is 329. The summed E-state index contributed by atoms with van der Waals surface area (Å²) >= 11 is 7.54. The third-order valence-electron chi connectivity index (χ3n) is 1.88. The van der Waals surface area contributed by atoms with Gasteiger partial charge in [0.25, 0.3) is 0 Å². The Hall–Kier alpha value is -0.710. The summed E-state index contributed by atoms with van der Waals surface area (Å²) in [6.45, 7) is 0.742. The van der Waals surface area contributed by atoms with Crippen LogP contribution in [0, 0.1) is 0 Å². The standard InChI is InChI=1S/C11H14ClNO2S/c12-10-3-1-9(2-4-10)8-16-6-5-13-7-11(14)15/h1-4,13H,5-8H2,(H,14,15). The fourth-order valence-electron chi connectivity index (χ4n) is 1.11. The average molecular weight is 260 g/mol. The molecule has 0 bridgehead atoms. The Morgan fingerprint density at radius 3 is 2.69 bits per heavy atom. The van der Waals surface area contributed by atoms with E-state index in [9.17, 15) is 4.79 Å². The Morgan fingerprint density at radius 2 is 2.06 bits per heavy atom. The highest BCUT2D eigenvalue weighted by molar-refractivity contribution is 7.98. The van der Waals surface area contributed by atoms with Crippen LogP contribution in [0.2, 0.25) is 5.02 Å². The second-order valence-electron chi connectivity index (χ2n) is 3.25. The number of thioether (sulfide) groups is 1. The molecule has 88 valence electrons. The van der Waals surface area contributed by atoms with Crippen molar-refractivity contribution in [3.05, 3.63) is 34.9 Å². The third kappa shape index (κ3) is 6.00. The zero-order valence-corrected chi connectivity index (χ0v) is 10.4. The number of nitrogens with one attached hydrogen (secondary N) is 1. The van der Waals surface area contributed by atoms with E-state index in [4.69, 9.17) is 16.7 Å². The minimum Gasteiger partial charge on any atom is -0.480 e. The van der Waals surface area contributed by atoms with E-state index >= 15 is 0 Å². The van der Waals surface area contributed by atoms with E-state index < -0.39 is 5.97 Å². The van der Waals surface area contributed by atoms with Crippen molar-refractivity contribution in [3.8, 4) is 0 Å². The minimum absolute atomic E-state index is 0.0293. The molecular formula is C11H14ClNO2S. The zero-order chi connectivity index (χ0) is 11.8. The summed E-state index contributed by atoms with van der Waals surface area (Å²) in [5.41, 5.74) is 1.23. The van der Waals surface area contributed by atoms with Crippen molar-refractivity contribution < 1.29 is 9.90 Å². The van der Waals surface area contributed by atoms with Crippen molar-refractivity contribution in [1.82, 2.24) is 5.32 Å². The predicted octanol–water partition coefficient (Wildman–Crippen LogP) is 2.25. The first-order valence-corrected chi connectivity index (χ1v) is 6.46. The molecule has 0 spiro atoms. The maximum absolute atomic E-state index is 10.2. The Labute approximate surface area is 104 Å². The van der Waals surface area contributed by atoms with E-state index in [1.54, 1.807) is 11.8 Å². The van der Waals surface area contributed by atoms with Gasteiger partial charge in [-0.15, -0.1) is 0 Å². The molecule has 3 nitrogen and oxygen atoms in total. The van der Waals surface area contributed by atoms with E-state index in [1.807, 2.05) is 24.3 Å². The Balaban J connectivity index is 2.07. The quantitative estimate of drug-likeness (QED) is 0.738. The summed E-state index contributed by atoms with van der Waals surface area (Å²) < 4.78 is 0. The molecule has 0 unspecified atom stereocenters. The summed E-state index contributed by atoms with van der Waals surface area (Å²) in [6.07, 6.45) is 0. The lowest BCUT2D eigenvalue weighted by Crippen LogP contribution is -2.24. The number of carboxylic acids is 1. The molecule has 2 N–H and O–H groups in total. The molecule has 1 aromatic rings. The second-order valence-corrected chi connectivity index (χ2v) is 4.79. The molecule has 1 rings (SSSR count). The van der Waals surface area contributed by atoms with E-state index in [2.05, 4.69) is 5.32 Å². The number of benzene rings is 1.